The van der Waals surface area contributed by atoms with Gasteiger partial charge < -0.3 is 5.11 Å². The van der Waals surface area contributed by atoms with Crippen LogP contribution in [0.5, 0.6) is 0 Å². The molecule has 2 aromatic rings. The van der Waals surface area contributed by atoms with E-state index < -0.39 is 21.8 Å². The third kappa shape index (κ3) is 3.10. The van der Waals surface area contributed by atoms with Gasteiger partial charge in [0, 0.05) is 12.3 Å². The summed E-state index contributed by atoms with van der Waals surface area (Å²) in [4.78, 5) is 3.94. The number of hydrogen-bond acceptors (Lipinski definition) is 5. The van der Waals surface area contributed by atoms with Gasteiger partial charge in [0.2, 0.25) is 5.76 Å². The standard InChI is InChI=1S/C11H8F3NO3S2/c1-20(17,18)6-2-3-7-8(4-6)19-10(15-7)5-9(16)11(12,13)14/h2-5,16H,1H3. The lowest BCUT2D eigenvalue weighted by Gasteiger charge is -2.02. The predicted molar refractivity (Wildman–Crippen MR) is 69.4 cm³/mol. The van der Waals surface area contributed by atoms with Crippen molar-refractivity contribution in [2.24, 2.45) is 0 Å². The zero-order chi connectivity index (χ0) is 15.1. The minimum Gasteiger partial charge on any atom is -0.504 e. The maximum Gasteiger partial charge on any atom is 0.448 e. The highest BCUT2D eigenvalue weighted by Gasteiger charge is 2.34. The first-order chi connectivity index (χ1) is 9.07. The van der Waals surface area contributed by atoms with E-state index in [0.29, 0.717) is 16.3 Å². The van der Waals surface area contributed by atoms with Crippen LogP contribution in [0.2, 0.25) is 0 Å². The molecule has 0 aliphatic heterocycles. The SMILES string of the molecule is CS(=O)(=O)c1ccc2nc(C=C(O)C(F)(F)F)sc2c1. The lowest BCUT2D eigenvalue weighted by atomic mass is 10.3. The number of sulfone groups is 1. The maximum atomic E-state index is 12.2. The molecule has 0 bridgehead atoms. The van der Waals surface area contributed by atoms with E-state index in [2.05, 4.69) is 4.98 Å². The van der Waals surface area contributed by atoms with Gasteiger partial charge in [0.15, 0.2) is 9.84 Å². The first-order valence-corrected chi connectivity index (χ1v) is 7.87. The first-order valence-electron chi connectivity index (χ1n) is 5.16. The monoisotopic (exact) mass is 323 g/mol. The number of thiazole rings is 1. The number of rotatable bonds is 2. The van der Waals surface area contributed by atoms with E-state index >= 15 is 0 Å². The van der Waals surface area contributed by atoms with Gasteiger partial charge in [-0.3, -0.25) is 0 Å². The number of aliphatic hydroxyl groups excluding tert-OH is 1. The average molecular weight is 323 g/mol. The van der Waals surface area contributed by atoms with Gasteiger partial charge in [-0.25, -0.2) is 13.4 Å². The summed E-state index contributed by atoms with van der Waals surface area (Å²) >= 11 is 0.860. The summed E-state index contributed by atoms with van der Waals surface area (Å²) in [5.41, 5.74) is 0.364. The maximum absolute atomic E-state index is 12.2. The molecular formula is C11H8F3NO3S2. The normalized spacial score (nSPS) is 13.9. The van der Waals surface area contributed by atoms with Crippen LogP contribution in [0.4, 0.5) is 13.2 Å². The Morgan fingerprint density at radius 3 is 2.60 bits per heavy atom. The van der Waals surface area contributed by atoms with Crippen LogP contribution in [0.25, 0.3) is 16.3 Å². The second-order valence-electron chi connectivity index (χ2n) is 3.98. The molecule has 108 valence electrons. The molecule has 9 heteroatoms. The fourth-order valence-electron chi connectivity index (χ4n) is 1.41. The Kier molecular flexibility index (Phi) is 3.51. The van der Waals surface area contributed by atoms with E-state index in [0.717, 1.165) is 17.6 Å². The van der Waals surface area contributed by atoms with E-state index in [-0.39, 0.29) is 9.90 Å². The number of hydrogen-bond donors (Lipinski definition) is 1. The van der Waals surface area contributed by atoms with Crippen molar-refractivity contribution in [3.05, 3.63) is 29.0 Å². The fraction of sp³-hybridized carbons (Fsp3) is 0.182. The third-order valence-electron chi connectivity index (χ3n) is 2.36. The van der Waals surface area contributed by atoms with Crippen molar-refractivity contribution >= 4 is 37.5 Å². The number of aromatic nitrogens is 1. The van der Waals surface area contributed by atoms with E-state index in [9.17, 15) is 21.6 Å². The number of alkyl halides is 3. The van der Waals surface area contributed by atoms with Gasteiger partial charge in [0.1, 0.15) is 5.01 Å². The van der Waals surface area contributed by atoms with Gasteiger partial charge in [-0.15, -0.1) is 11.3 Å². The van der Waals surface area contributed by atoms with Crippen molar-refractivity contribution in [3.63, 3.8) is 0 Å². The summed E-state index contributed by atoms with van der Waals surface area (Å²) in [6, 6.07) is 4.07. The van der Waals surface area contributed by atoms with Crippen LogP contribution in [0.15, 0.2) is 28.9 Å². The molecular weight excluding hydrogens is 315 g/mol. The third-order valence-corrected chi connectivity index (χ3v) is 4.43. The number of allylic oxidation sites excluding steroid dienone is 1. The molecule has 1 aromatic carbocycles. The summed E-state index contributed by atoms with van der Waals surface area (Å²) in [6.07, 6.45) is -3.30. The van der Waals surface area contributed by atoms with E-state index in [4.69, 9.17) is 5.11 Å². The summed E-state index contributed by atoms with van der Waals surface area (Å²) in [7, 11) is -3.40. The largest absolute Gasteiger partial charge is 0.504 e. The minimum atomic E-state index is -4.84. The van der Waals surface area contributed by atoms with Crippen molar-refractivity contribution in [2.75, 3.05) is 6.26 Å². The summed E-state index contributed by atoms with van der Waals surface area (Å²) in [5.74, 6) is -1.75. The van der Waals surface area contributed by atoms with Crippen molar-refractivity contribution in [1.82, 2.24) is 4.98 Å². The molecule has 0 saturated heterocycles. The van der Waals surface area contributed by atoms with Gasteiger partial charge in [-0.1, -0.05) is 0 Å². The van der Waals surface area contributed by atoms with Crippen LogP contribution in [0, 0.1) is 0 Å². The van der Waals surface area contributed by atoms with Gasteiger partial charge >= 0.3 is 6.18 Å². The molecule has 1 aromatic heterocycles. The number of aliphatic hydroxyl groups is 1. The van der Waals surface area contributed by atoms with Crippen LogP contribution in [-0.4, -0.2) is 30.9 Å². The summed E-state index contributed by atoms with van der Waals surface area (Å²) < 4.78 is 59.7. The Hall–Kier alpha value is -1.61. The smallest absolute Gasteiger partial charge is 0.448 e. The molecule has 0 unspecified atom stereocenters. The lowest BCUT2D eigenvalue weighted by Crippen LogP contribution is -2.10. The zero-order valence-electron chi connectivity index (χ0n) is 9.97. The molecule has 0 saturated carbocycles. The second kappa shape index (κ2) is 4.74. The Morgan fingerprint density at radius 2 is 2.05 bits per heavy atom. The molecule has 4 nitrogen and oxygen atoms in total. The van der Waals surface area contributed by atoms with E-state index in [1.54, 1.807) is 0 Å². The van der Waals surface area contributed by atoms with Gasteiger partial charge in [0.05, 0.1) is 15.1 Å². The Labute approximate surface area is 116 Å². The molecule has 20 heavy (non-hydrogen) atoms. The molecule has 2 rings (SSSR count). The average Bonchev–Trinajstić information content (AvgIpc) is 2.67. The highest BCUT2D eigenvalue weighted by molar-refractivity contribution is 7.90. The van der Waals surface area contributed by atoms with Crippen LogP contribution in [0.3, 0.4) is 0 Å². The Bertz CT molecular complexity index is 791. The number of nitrogens with zero attached hydrogens (tertiary/aromatic N) is 1. The highest BCUT2D eigenvalue weighted by Crippen LogP contribution is 2.29. The minimum absolute atomic E-state index is 0.0551. The molecule has 0 amide bonds. The summed E-state index contributed by atoms with van der Waals surface area (Å²) in [6.45, 7) is 0. The van der Waals surface area contributed by atoms with Gasteiger partial charge in [0.25, 0.3) is 0 Å². The quantitative estimate of drug-likeness (QED) is 0.862. The molecule has 0 radical (unpaired) electrons. The second-order valence-corrected chi connectivity index (χ2v) is 7.06. The molecule has 1 heterocycles. The summed E-state index contributed by atoms with van der Waals surface area (Å²) in [5, 5.41) is 8.80. The van der Waals surface area contributed by atoms with Crippen LogP contribution in [-0.2, 0) is 9.84 Å². The van der Waals surface area contributed by atoms with Gasteiger partial charge in [-0.2, -0.15) is 13.2 Å². The molecule has 0 aliphatic carbocycles. The zero-order valence-corrected chi connectivity index (χ0v) is 11.6. The molecule has 1 N–H and O–H groups in total. The Balaban J connectivity index is 2.50. The molecule has 0 atom stereocenters. The fourth-order valence-corrected chi connectivity index (χ4v) is 3.08. The molecule has 0 fully saturated rings. The molecule has 0 spiro atoms. The van der Waals surface area contributed by atoms with Crippen molar-refractivity contribution in [2.45, 2.75) is 11.1 Å². The van der Waals surface area contributed by atoms with Gasteiger partial charge in [-0.05, 0) is 18.2 Å². The van der Waals surface area contributed by atoms with E-state index in [1.165, 1.54) is 18.2 Å². The highest BCUT2D eigenvalue weighted by atomic mass is 32.2. The number of halogens is 3. The Morgan fingerprint density at radius 1 is 1.40 bits per heavy atom. The van der Waals surface area contributed by atoms with Crippen LogP contribution in [0.1, 0.15) is 5.01 Å². The van der Waals surface area contributed by atoms with Crippen LogP contribution < -0.4 is 0 Å². The number of benzene rings is 1. The molecule has 0 aliphatic rings. The topological polar surface area (TPSA) is 67.3 Å². The van der Waals surface area contributed by atoms with Crippen LogP contribution >= 0.6 is 11.3 Å². The van der Waals surface area contributed by atoms with Crippen molar-refractivity contribution in [3.8, 4) is 0 Å². The first kappa shape index (κ1) is 14.8. The van der Waals surface area contributed by atoms with Crippen molar-refractivity contribution < 1.29 is 26.7 Å². The lowest BCUT2D eigenvalue weighted by molar-refractivity contribution is -0.119. The predicted octanol–water partition coefficient (Wildman–Crippen LogP) is 3.16. The van der Waals surface area contributed by atoms with Crippen molar-refractivity contribution in [1.29, 1.82) is 0 Å². The number of fused-ring (bicyclic) bond motifs is 1. The van der Waals surface area contributed by atoms with E-state index in [1.807, 2.05) is 0 Å².